The molecular weight excluding hydrogens is 250 g/mol. The van der Waals surface area contributed by atoms with Crippen LogP contribution in [0, 0.1) is 0 Å². The lowest BCUT2D eigenvalue weighted by atomic mass is 10.1. The van der Waals surface area contributed by atoms with E-state index in [0.717, 1.165) is 41.8 Å². The van der Waals surface area contributed by atoms with Gasteiger partial charge in [-0.25, -0.2) is 0 Å². The molecule has 98 valence electrons. The monoisotopic (exact) mass is 267 g/mol. The van der Waals surface area contributed by atoms with Crippen molar-refractivity contribution in [1.29, 1.82) is 0 Å². The van der Waals surface area contributed by atoms with E-state index in [2.05, 4.69) is 22.2 Å². The third-order valence-electron chi connectivity index (χ3n) is 3.45. The summed E-state index contributed by atoms with van der Waals surface area (Å²) >= 11 is 1.59. The summed E-state index contributed by atoms with van der Waals surface area (Å²) in [6, 6.07) is 0. The third-order valence-corrected chi connectivity index (χ3v) is 4.51. The predicted octanol–water partition coefficient (Wildman–Crippen LogP) is 1.14. The molecule has 18 heavy (non-hydrogen) atoms. The fourth-order valence-electron chi connectivity index (χ4n) is 2.25. The largest absolute Gasteiger partial charge is 0.381 e. The smallest absolute Gasteiger partial charge is 0.234 e. The molecular formula is C11H17N5OS. The number of rotatable bonds is 4. The Hall–Kier alpha value is -1.05. The first-order valence-electron chi connectivity index (χ1n) is 6.33. The maximum absolute atomic E-state index is 5.77. The highest BCUT2D eigenvalue weighted by Crippen LogP contribution is 2.28. The van der Waals surface area contributed by atoms with E-state index in [4.69, 9.17) is 10.5 Å². The number of nitrogens with two attached hydrogens (primary N) is 1. The van der Waals surface area contributed by atoms with Crippen LogP contribution in [-0.2, 0) is 4.74 Å². The van der Waals surface area contributed by atoms with Gasteiger partial charge < -0.3 is 10.5 Å². The molecule has 0 aliphatic carbocycles. The van der Waals surface area contributed by atoms with E-state index in [1.54, 1.807) is 11.3 Å². The number of hydrogen-bond acceptors (Lipinski definition) is 6. The summed E-state index contributed by atoms with van der Waals surface area (Å²) < 4.78 is 7.27. The Kier molecular flexibility index (Phi) is 3.27. The predicted molar refractivity (Wildman–Crippen MR) is 68.9 cm³/mol. The molecule has 1 aliphatic heterocycles. The number of ether oxygens (including phenoxy) is 1. The summed E-state index contributed by atoms with van der Waals surface area (Å²) in [7, 11) is 0. The molecule has 2 N–H and O–H groups in total. The normalized spacial score (nSPS) is 21.8. The Morgan fingerprint density at radius 3 is 3.11 bits per heavy atom. The molecule has 0 spiro atoms. The van der Waals surface area contributed by atoms with Crippen LogP contribution in [0.4, 0.5) is 0 Å². The van der Waals surface area contributed by atoms with E-state index in [1.165, 1.54) is 0 Å². The molecule has 0 bridgehead atoms. The van der Waals surface area contributed by atoms with Gasteiger partial charge >= 0.3 is 0 Å². The zero-order valence-electron chi connectivity index (χ0n) is 10.4. The van der Waals surface area contributed by atoms with Gasteiger partial charge in [-0.2, -0.15) is 9.61 Å². The van der Waals surface area contributed by atoms with Crippen molar-refractivity contribution < 1.29 is 4.74 Å². The van der Waals surface area contributed by atoms with Crippen LogP contribution in [0.3, 0.4) is 0 Å². The molecule has 1 aliphatic rings. The Morgan fingerprint density at radius 1 is 1.56 bits per heavy atom. The first-order chi connectivity index (χ1) is 8.83. The van der Waals surface area contributed by atoms with Crippen molar-refractivity contribution in [3.05, 3.63) is 10.8 Å². The first-order valence-corrected chi connectivity index (χ1v) is 7.15. The van der Waals surface area contributed by atoms with E-state index in [1.807, 2.05) is 4.52 Å². The zero-order chi connectivity index (χ0) is 12.5. The minimum Gasteiger partial charge on any atom is -0.381 e. The highest BCUT2D eigenvalue weighted by molar-refractivity contribution is 7.16. The van der Waals surface area contributed by atoms with Gasteiger partial charge in [0.05, 0.1) is 6.61 Å². The van der Waals surface area contributed by atoms with Crippen molar-refractivity contribution in [3.63, 3.8) is 0 Å². The standard InChI is InChI=1S/C11H17N5OS/c1-2-7(5-12)10-15-16-9(8-3-4-17-6-8)13-14-11(16)18-10/h7-8H,2-6,12H2,1H3. The molecule has 1 saturated heterocycles. The fraction of sp³-hybridized carbons (Fsp3) is 0.727. The summed E-state index contributed by atoms with van der Waals surface area (Å²) in [6.45, 7) is 4.28. The van der Waals surface area contributed by atoms with Gasteiger partial charge in [-0.3, -0.25) is 0 Å². The van der Waals surface area contributed by atoms with E-state index in [0.29, 0.717) is 18.4 Å². The maximum atomic E-state index is 5.77. The molecule has 2 aromatic heterocycles. The van der Waals surface area contributed by atoms with E-state index in [9.17, 15) is 0 Å². The van der Waals surface area contributed by atoms with Crippen molar-refractivity contribution in [2.24, 2.45) is 5.73 Å². The number of hydrogen-bond donors (Lipinski definition) is 1. The molecule has 2 atom stereocenters. The summed E-state index contributed by atoms with van der Waals surface area (Å²) in [5.41, 5.74) is 5.77. The molecule has 2 aromatic rings. The zero-order valence-corrected chi connectivity index (χ0v) is 11.2. The quantitative estimate of drug-likeness (QED) is 0.898. The summed E-state index contributed by atoms with van der Waals surface area (Å²) in [5.74, 6) is 1.58. The molecule has 0 amide bonds. The van der Waals surface area contributed by atoms with Crippen LogP contribution in [0.5, 0.6) is 0 Å². The van der Waals surface area contributed by atoms with Gasteiger partial charge in [-0.1, -0.05) is 18.3 Å². The summed E-state index contributed by atoms with van der Waals surface area (Å²) in [6.07, 6.45) is 2.00. The van der Waals surface area contributed by atoms with Crippen LogP contribution in [0.2, 0.25) is 0 Å². The molecule has 1 fully saturated rings. The molecule has 0 radical (unpaired) electrons. The molecule has 7 heteroatoms. The van der Waals surface area contributed by atoms with Crippen molar-refractivity contribution in [3.8, 4) is 0 Å². The van der Waals surface area contributed by atoms with Gasteiger partial charge in [0.1, 0.15) is 5.01 Å². The molecule has 3 rings (SSSR count). The average Bonchev–Trinajstić information content (AvgIpc) is 3.04. The van der Waals surface area contributed by atoms with Crippen molar-refractivity contribution in [1.82, 2.24) is 19.8 Å². The van der Waals surface area contributed by atoms with Gasteiger partial charge in [0.15, 0.2) is 5.82 Å². The van der Waals surface area contributed by atoms with Gasteiger partial charge in [0, 0.05) is 25.0 Å². The summed E-state index contributed by atoms with van der Waals surface area (Å²) in [4.78, 5) is 0.860. The molecule has 0 saturated carbocycles. The lowest BCUT2D eigenvalue weighted by molar-refractivity contribution is 0.193. The second kappa shape index (κ2) is 4.91. The second-order valence-corrected chi connectivity index (χ2v) is 5.58. The fourth-order valence-corrected chi connectivity index (χ4v) is 3.29. The SMILES string of the molecule is CCC(CN)c1nn2c(C3CCOC3)nnc2s1. The Balaban J connectivity index is 1.97. The molecule has 6 nitrogen and oxygen atoms in total. The Morgan fingerprint density at radius 2 is 2.44 bits per heavy atom. The van der Waals surface area contributed by atoms with E-state index >= 15 is 0 Å². The topological polar surface area (TPSA) is 78.3 Å². The minimum absolute atomic E-state index is 0.323. The van der Waals surface area contributed by atoms with Crippen LogP contribution in [0.25, 0.3) is 4.96 Å². The molecule has 3 heterocycles. The van der Waals surface area contributed by atoms with Gasteiger partial charge in [-0.05, 0) is 12.8 Å². The van der Waals surface area contributed by atoms with E-state index < -0.39 is 0 Å². The number of fused-ring (bicyclic) bond motifs is 1. The van der Waals surface area contributed by atoms with Crippen LogP contribution in [0.1, 0.15) is 42.4 Å². The van der Waals surface area contributed by atoms with Crippen LogP contribution < -0.4 is 5.73 Å². The van der Waals surface area contributed by atoms with Gasteiger partial charge in [0.25, 0.3) is 0 Å². The lowest BCUT2D eigenvalue weighted by Crippen LogP contribution is -2.12. The molecule has 0 aromatic carbocycles. The van der Waals surface area contributed by atoms with E-state index in [-0.39, 0.29) is 0 Å². The van der Waals surface area contributed by atoms with Gasteiger partial charge in [-0.15, -0.1) is 10.2 Å². The molecule has 2 unspecified atom stereocenters. The lowest BCUT2D eigenvalue weighted by Gasteiger charge is -2.06. The maximum Gasteiger partial charge on any atom is 0.234 e. The highest BCUT2D eigenvalue weighted by atomic mass is 32.1. The van der Waals surface area contributed by atoms with Crippen molar-refractivity contribution in [2.75, 3.05) is 19.8 Å². The van der Waals surface area contributed by atoms with Crippen molar-refractivity contribution in [2.45, 2.75) is 31.6 Å². The number of nitrogens with zero attached hydrogens (tertiary/aromatic N) is 4. The Bertz CT molecular complexity index is 527. The second-order valence-electron chi connectivity index (χ2n) is 4.59. The third kappa shape index (κ3) is 1.92. The summed E-state index contributed by atoms with van der Waals surface area (Å²) in [5, 5.41) is 14.1. The van der Waals surface area contributed by atoms with Crippen molar-refractivity contribution >= 4 is 16.3 Å². The Labute approximate surface area is 109 Å². The average molecular weight is 267 g/mol. The first kappa shape index (κ1) is 12.0. The van der Waals surface area contributed by atoms with Crippen LogP contribution >= 0.6 is 11.3 Å². The number of aromatic nitrogens is 4. The van der Waals surface area contributed by atoms with Gasteiger partial charge in [0.2, 0.25) is 4.96 Å². The highest BCUT2D eigenvalue weighted by Gasteiger charge is 2.25. The van der Waals surface area contributed by atoms with Crippen LogP contribution in [-0.4, -0.2) is 39.6 Å². The van der Waals surface area contributed by atoms with Crippen LogP contribution in [0.15, 0.2) is 0 Å². The minimum atomic E-state index is 0.323.